The maximum Gasteiger partial charge on any atom is 0.162 e. The molecule has 0 spiro atoms. The van der Waals surface area contributed by atoms with Gasteiger partial charge in [-0.1, -0.05) is 0 Å². The molecule has 1 aliphatic heterocycles. The summed E-state index contributed by atoms with van der Waals surface area (Å²) < 4.78 is 10.8. The van der Waals surface area contributed by atoms with Gasteiger partial charge in [0.2, 0.25) is 0 Å². The number of anilines is 1. The second-order valence-electron chi connectivity index (χ2n) is 5.67. The number of fused-ring (bicyclic) bond motifs is 1. The van der Waals surface area contributed by atoms with E-state index in [0.717, 1.165) is 42.6 Å². The molecule has 3 rings (SSSR count). The fourth-order valence-electron chi connectivity index (χ4n) is 3.09. The molecule has 0 radical (unpaired) electrons. The number of methoxy groups -OCH3 is 2. The van der Waals surface area contributed by atoms with Crippen LogP contribution in [0.5, 0.6) is 11.5 Å². The van der Waals surface area contributed by atoms with Crippen LogP contribution < -0.4 is 14.4 Å². The summed E-state index contributed by atoms with van der Waals surface area (Å²) in [5.74, 6) is 1.84. The summed E-state index contributed by atoms with van der Waals surface area (Å²) in [5, 5.41) is 10.4. The summed E-state index contributed by atoms with van der Waals surface area (Å²) in [7, 11) is 3.28. The van der Waals surface area contributed by atoms with E-state index in [1.807, 2.05) is 24.4 Å². The van der Waals surface area contributed by atoms with E-state index in [-0.39, 0.29) is 6.61 Å². The number of benzene rings is 1. The second-order valence-corrected chi connectivity index (χ2v) is 5.67. The van der Waals surface area contributed by atoms with E-state index in [9.17, 15) is 5.11 Å². The summed E-state index contributed by atoms with van der Waals surface area (Å²) in [6, 6.07) is 5.96. The largest absolute Gasteiger partial charge is 0.493 e. The summed E-state index contributed by atoms with van der Waals surface area (Å²) in [6.07, 6.45) is 3.88. The summed E-state index contributed by atoms with van der Waals surface area (Å²) in [6.45, 7) is 2.20. The molecule has 0 unspecified atom stereocenters. The van der Waals surface area contributed by atoms with Crippen LogP contribution in [0.15, 0.2) is 24.4 Å². The van der Waals surface area contributed by atoms with E-state index >= 15 is 0 Å². The van der Waals surface area contributed by atoms with Crippen molar-refractivity contribution in [1.82, 2.24) is 4.98 Å². The highest BCUT2D eigenvalue weighted by molar-refractivity contribution is 5.94. The van der Waals surface area contributed by atoms with Gasteiger partial charge in [0.25, 0.3) is 0 Å². The first-order valence-electron chi connectivity index (χ1n) is 7.63. The Morgan fingerprint density at radius 1 is 1.18 bits per heavy atom. The zero-order valence-corrected chi connectivity index (χ0v) is 13.1. The van der Waals surface area contributed by atoms with Gasteiger partial charge in [-0.15, -0.1) is 0 Å². The van der Waals surface area contributed by atoms with Crippen LogP contribution in [0.2, 0.25) is 0 Å². The maximum atomic E-state index is 9.29. The number of rotatable bonds is 4. The number of nitrogens with zero attached hydrogens (tertiary/aromatic N) is 2. The Kier molecular flexibility index (Phi) is 4.34. The van der Waals surface area contributed by atoms with E-state index in [0.29, 0.717) is 11.7 Å². The number of hydrogen-bond donors (Lipinski definition) is 1. The number of hydrogen-bond acceptors (Lipinski definition) is 5. The Hall–Kier alpha value is -2.01. The van der Waals surface area contributed by atoms with Crippen molar-refractivity contribution in [3.63, 3.8) is 0 Å². The topological polar surface area (TPSA) is 54.8 Å². The molecule has 5 nitrogen and oxygen atoms in total. The fraction of sp³-hybridized carbons (Fsp3) is 0.471. The number of pyridine rings is 1. The van der Waals surface area contributed by atoms with Crippen LogP contribution in [0.4, 0.5) is 5.69 Å². The SMILES string of the molecule is COc1cc2nccc(N3CCC(CO)CC3)c2cc1OC. The van der Waals surface area contributed by atoms with Crippen LogP contribution in [-0.2, 0) is 0 Å². The molecule has 0 amide bonds. The van der Waals surface area contributed by atoms with Crippen LogP contribution in [0.3, 0.4) is 0 Å². The van der Waals surface area contributed by atoms with Crippen LogP contribution in [0.1, 0.15) is 12.8 Å². The Balaban J connectivity index is 1.99. The zero-order chi connectivity index (χ0) is 15.5. The number of aliphatic hydroxyl groups excluding tert-OH is 1. The quantitative estimate of drug-likeness (QED) is 0.940. The molecule has 1 saturated heterocycles. The van der Waals surface area contributed by atoms with Gasteiger partial charge in [-0.2, -0.15) is 0 Å². The van der Waals surface area contributed by atoms with Gasteiger partial charge in [0.05, 0.1) is 19.7 Å². The minimum Gasteiger partial charge on any atom is -0.493 e. The third kappa shape index (κ3) is 2.68. The molecule has 0 atom stereocenters. The lowest BCUT2D eigenvalue weighted by atomic mass is 9.97. The second kappa shape index (κ2) is 6.40. The standard InChI is InChI=1S/C17H22N2O3/c1-21-16-9-13-14(10-17(16)22-2)18-6-3-15(13)19-7-4-12(11-20)5-8-19/h3,6,9-10,12,20H,4-5,7-8,11H2,1-2H3. The number of aromatic nitrogens is 1. The van der Waals surface area contributed by atoms with Gasteiger partial charge in [0, 0.05) is 43.0 Å². The maximum absolute atomic E-state index is 9.29. The third-order valence-electron chi connectivity index (χ3n) is 4.44. The van der Waals surface area contributed by atoms with E-state index in [4.69, 9.17) is 9.47 Å². The van der Waals surface area contributed by atoms with E-state index in [2.05, 4.69) is 9.88 Å². The Morgan fingerprint density at radius 2 is 1.86 bits per heavy atom. The Labute approximate surface area is 130 Å². The molecule has 5 heteroatoms. The molecule has 0 saturated carbocycles. The van der Waals surface area contributed by atoms with Crippen molar-refractivity contribution < 1.29 is 14.6 Å². The van der Waals surface area contributed by atoms with Gasteiger partial charge in [-0.3, -0.25) is 4.98 Å². The molecule has 1 aliphatic rings. The predicted molar refractivity (Wildman–Crippen MR) is 86.9 cm³/mol. The van der Waals surface area contributed by atoms with Crippen LogP contribution in [-0.4, -0.2) is 44.0 Å². The van der Waals surface area contributed by atoms with Crippen molar-refractivity contribution in [2.75, 3.05) is 38.8 Å². The molecule has 1 aromatic heterocycles. The average Bonchev–Trinajstić information content (AvgIpc) is 2.60. The van der Waals surface area contributed by atoms with Crippen molar-refractivity contribution >= 4 is 16.6 Å². The first-order valence-corrected chi connectivity index (χ1v) is 7.63. The number of ether oxygens (including phenoxy) is 2. The minimum absolute atomic E-state index is 0.288. The molecule has 1 N–H and O–H groups in total. The Morgan fingerprint density at radius 3 is 2.50 bits per heavy atom. The lowest BCUT2D eigenvalue weighted by Crippen LogP contribution is -2.34. The van der Waals surface area contributed by atoms with Gasteiger partial charge >= 0.3 is 0 Å². The predicted octanol–water partition coefficient (Wildman–Crippen LogP) is 2.46. The van der Waals surface area contributed by atoms with E-state index in [1.54, 1.807) is 14.2 Å². The van der Waals surface area contributed by atoms with Crippen molar-refractivity contribution in [2.24, 2.45) is 5.92 Å². The van der Waals surface area contributed by atoms with Gasteiger partial charge in [-0.05, 0) is 30.9 Å². The molecule has 1 aromatic carbocycles. The number of aliphatic hydroxyl groups is 1. The molecular formula is C17H22N2O3. The molecular weight excluding hydrogens is 280 g/mol. The normalized spacial score (nSPS) is 16.0. The monoisotopic (exact) mass is 302 g/mol. The van der Waals surface area contributed by atoms with Crippen LogP contribution in [0.25, 0.3) is 10.9 Å². The van der Waals surface area contributed by atoms with Crippen molar-refractivity contribution in [1.29, 1.82) is 0 Å². The van der Waals surface area contributed by atoms with Gasteiger partial charge < -0.3 is 19.5 Å². The first-order chi connectivity index (χ1) is 10.8. The zero-order valence-electron chi connectivity index (χ0n) is 13.1. The van der Waals surface area contributed by atoms with Crippen molar-refractivity contribution in [3.8, 4) is 11.5 Å². The highest BCUT2D eigenvalue weighted by atomic mass is 16.5. The highest BCUT2D eigenvalue weighted by Gasteiger charge is 2.21. The molecule has 1 fully saturated rings. The Bertz CT molecular complexity index is 652. The van der Waals surface area contributed by atoms with Crippen LogP contribution in [0, 0.1) is 5.92 Å². The molecule has 2 aromatic rings. The molecule has 22 heavy (non-hydrogen) atoms. The fourth-order valence-corrected chi connectivity index (χ4v) is 3.09. The highest BCUT2D eigenvalue weighted by Crippen LogP contribution is 2.36. The average molecular weight is 302 g/mol. The summed E-state index contributed by atoms with van der Waals surface area (Å²) in [4.78, 5) is 6.81. The summed E-state index contributed by atoms with van der Waals surface area (Å²) >= 11 is 0. The van der Waals surface area contributed by atoms with E-state index in [1.165, 1.54) is 5.69 Å². The molecule has 2 heterocycles. The van der Waals surface area contributed by atoms with Gasteiger partial charge in [-0.25, -0.2) is 0 Å². The lowest BCUT2D eigenvalue weighted by molar-refractivity contribution is 0.203. The van der Waals surface area contributed by atoms with Gasteiger partial charge in [0.15, 0.2) is 11.5 Å². The number of piperidine rings is 1. The van der Waals surface area contributed by atoms with Crippen molar-refractivity contribution in [3.05, 3.63) is 24.4 Å². The first kappa shape index (κ1) is 14.9. The van der Waals surface area contributed by atoms with Gasteiger partial charge in [0.1, 0.15) is 0 Å². The van der Waals surface area contributed by atoms with E-state index < -0.39 is 0 Å². The molecule has 0 aliphatic carbocycles. The third-order valence-corrected chi connectivity index (χ3v) is 4.44. The summed E-state index contributed by atoms with van der Waals surface area (Å²) in [5.41, 5.74) is 2.07. The molecule has 118 valence electrons. The molecule has 0 bridgehead atoms. The van der Waals surface area contributed by atoms with Crippen molar-refractivity contribution in [2.45, 2.75) is 12.8 Å². The van der Waals surface area contributed by atoms with Crippen LogP contribution >= 0.6 is 0 Å². The minimum atomic E-state index is 0.288. The lowest BCUT2D eigenvalue weighted by Gasteiger charge is -2.33. The smallest absolute Gasteiger partial charge is 0.162 e.